The van der Waals surface area contributed by atoms with Gasteiger partial charge in [-0.3, -0.25) is 9.36 Å². The van der Waals surface area contributed by atoms with Gasteiger partial charge in [0.2, 0.25) is 5.91 Å². The van der Waals surface area contributed by atoms with Crippen LogP contribution in [0.3, 0.4) is 0 Å². The van der Waals surface area contributed by atoms with Gasteiger partial charge in [-0.05, 0) is 30.0 Å². The minimum Gasteiger partial charge on any atom is -0.340 e. The van der Waals surface area contributed by atoms with Crippen molar-refractivity contribution >= 4 is 29.0 Å². The maximum atomic E-state index is 12.4. The molecule has 3 rings (SSSR count). The standard InChI is InChI=1S/C18H19N3OS2/c1-14-6-3-4-8-16(14)21-10-9-19-18(21)24-13-17(22)20(2)12-15-7-5-11-23-15/h3-11H,12-13H2,1-2H3. The SMILES string of the molecule is Cc1ccccc1-n1ccnc1SCC(=O)N(C)Cc1cccs1. The fourth-order valence-corrected chi connectivity index (χ4v) is 4.04. The Morgan fingerprint density at radius 2 is 2.12 bits per heavy atom. The van der Waals surface area contributed by atoms with E-state index in [1.807, 2.05) is 47.5 Å². The van der Waals surface area contributed by atoms with Crippen LogP contribution in [0.2, 0.25) is 0 Å². The van der Waals surface area contributed by atoms with Crippen molar-refractivity contribution in [2.45, 2.75) is 18.6 Å². The van der Waals surface area contributed by atoms with Crippen LogP contribution in [0.25, 0.3) is 5.69 Å². The molecule has 0 unspecified atom stereocenters. The molecular weight excluding hydrogens is 338 g/mol. The molecule has 24 heavy (non-hydrogen) atoms. The van der Waals surface area contributed by atoms with Gasteiger partial charge < -0.3 is 4.90 Å². The third kappa shape index (κ3) is 3.88. The third-order valence-corrected chi connectivity index (χ3v) is 5.52. The summed E-state index contributed by atoms with van der Waals surface area (Å²) in [5.74, 6) is 0.484. The van der Waals surface area contributed by atoms with Gasteiger partial charge in [-0.25, -0.2) is 4.98 Å². The Kier molecular flexibility index (Phi) is 5.37. The number of thiophene rings is 1. The van der Waals surface area contributed by atoms with E-state index < -0.39 is 0 Å². The molecular formula is C18H19N3OS2. The van der Waals surface area contributed by atoms with Crippen molar-refractivity contribution in [3.05, 3.63) is 64.6 Å². The molecule has 6 heteroatoms. The van der Waals surface area contributed by atoms with E-state index in [2.05, 4.69) is 24.0 Å². The Morgan fingerprint density at radius 3 is 2.88 bits per heavy atom. The number of benzene rings is 1. The molecule has 0 fully saturated rings. The lowest BCUT2D eigenvalue weighted by molar-refractivity contribution is -0.127. The quantitative estimate of drug-likeness (QED) is 0.626. The predicted molar refractivity (Wildman–Crippen MR) is 99.8 cm³/mol. The summed E-state index contributed by atoms with van der Waals surface area (Å²) in [5.41, 5.74) is 2.27. The summed E-state index contributed by atoms with van der Waals surface area (Å²) in [6.45, 7) is 2.73. The van der Waals surface area contributed by atoms with Crippen LogP contribution in [0.5, 0.6) is 0 Å². The molecule has 2 heterocycles. The first kappa shape index (κ1) is 16.8. The van der Waals surface area contributed by atoms with Crippen molar-refractivity contribution in [2.24, 2.45) is 0 Å². The van der Waals surface area contributed by atoms with Crippen molar-refractivity contribution in [2.75, 3.05) is 12.8 Å². The molecule has 0 aliphatic carbocycles. The summed E-state index contributed by atoms with van der Waals surface area (Å²) < 4.78 is 2.03. The molecule has 0 aliphatic heterocycles. The van der Waals surface area contributed by atoms with Gasteiger partial charge in [0.15, 0.2) is 5.16 Å². The van der Waals surface area contributed by atoms with E-state index in [9.17, 15) is 4.79 Å². The molecule has 0 N–H and O–H groups in total. The number of hydrogen-bond acceptors (Lipinski definition) is 4. The number of rotatable bonds is 6. The van der Waals surface area contributed by atoms with Gasteiger partial charge in [0, 0.05) is 24.3 Å². The van der Waals surface area contributed by atoms with E-state index in [4.69, 9.17) is 0 Å². The molecule has 0 atom stereocenters. The Balaban J connectivity index is 1.64. The maximum Gasteiger partial charge on any atom is 0.233 e. The Labute approximate surface area is 150 Å². The first-order valence-electron chi connectivity index (χ1n) is 7.63. The molecule has 2 aromatic heterocycles. The molecule has 0 saturated carbocycles. The number of hydrogen-bond donors (Lipinski definition) is 0. The van der Waals surface area contributed by atoms with Gasteiger partial charge in [-0.2, -0.15) is 0 Å². The van der Waals surface area contributed by atoms with Gasteiger partial charge in [-0.1, -0.05) is 36.0 Å². The molecule has 3 aromatic rings. The lowest BCUT2D eigenvalue weighted by Crippen LogP contribution is -2.27. The molecule has 124 valence electrons. The van der Waals surface area contributed by atoms with Crippen molar-refractivity contribution in [1.29, 1.82) is 0 Å². The van der Waals surface area contributed by atoms with E-state index in [0.717, 1.165) is 10.8 Å². The number of carbonyl (C=O) groups excluding carboxylic acids is 1. The molecule has 0 saturated heterocycles. The van der Waals surface area contributed by atoms with Crippen molar-refractivity contribution in [3.8, 4) is 5.69 Å². The van der Waals surface area contributed by atoms with Crippen LogP contribution in [-0.4, -0.2) is 33.2 Å². The average molecular weight is 358 g/mol. The maximum absolute atomic E-state index is 12.4. The number of aromatic nitrogens is 2. The topological polar surface area (TPSA) is 38.1 Å². The smallest absolute Gasteiger partial charge is 0.233 e. The van der Waals surface area contributed by atoms with Gasteiger partial charge in [0.25, 0.3) is 0 Å². The number of thioether (sulfide) groups is 1. The highest BCUT2D eigenvalue weighted by atomic mass is 32.2. The van der Waals surface area contributed by atoms with Gasteiger partial charge in [0.1, 0.15) is 0 Å². The summed E-state index contributed by atoms with van der Waals surface area (Å²) in [6, 6.07) is 12.2. The fraction of sp³-hybridized carbons (Fsp3) is 0.222. The third-order valence-electron chi connectivity index (χ3n) is 3.71. The van der Waals surface area contributed by atoms with Gasteiger partial charge >= 0.3 is 0 Å². The van der Waals surface area contributed by atoms with E-state index in [0.29, 0.717) is 12.3 Å². The second-order valence-electron chi connectivity index (χ2n) is 5.48. The predicted octanol–water partition coefficient (Wildman–Crippen LogP) is 3.99. The number of carbonyl (C=O) groups is 1. The molecule has 1 aromatic carbocycles. The second kappa shape index (κ2) is 7.68. The van der Waals surface area contributed by atoms with Crippen LogP contribution in [0.1, 0.15) is 10.4 Å². The van der Waals surface area contributed by atoms with Crippen LogP contribution in [0.15, 0.2) is 59.3 Å². The number of aryl methyl sites for hydroxylation is 1. The summed E-state index contributed by atoms with van der Waals surface area (Å²) in [5, 5.41) is 2.86. The van der Waals surface area contributed by atoms with E-state index >= 15 is 0 Å². The molecule has 0 aliphatic rings. The van der Waals surface area contributed by atoms with E-state index in [-0.39, 0.29) is 5.91 Å². The molecule has 1 amide bonds. The average Bonchev–Trinajstić information content (AvgIpc) is 3.24. The van der Waals surface area contributed by atoms with Crippen LogP contribution in [0, 0.1) is 6.92 Å². The Hall–Kier alpha value is -2.05. The lowest BCUT2D eigenvalue weighted by Gasteiger charge is -2.16. The minimum atomic E-state index is 0.104. The molecule has 4 nitrogen and oxygen atoms in total. The molecule has 0 bridgehead atoms. The van der Waals surface area contributed by atoms with Crippen molar-refractivity contribution < 1.29 is 4.79 Å². The van der Waals surface area contributed by atoms with E-state index in [1.54, 1.807) is 22.4 Å². The number of nitrogens with zero attached hydrogens (tertiary/aromatic N) is 3. The van der Waals surface area contributed by atoms with Crippen LogP contribution >= 0.6 is 23.1 Å². The summed E-state index contributed by atoms with van der Waals surface area (Å²) in [6.07, 6.45) is 3.71. The highest BCUT2D eigenvalue weighted by Gasteiger charge is 2.13. The van der Waals surface area contributed by atoms with Crippen LogP contribution < -0.4 is 0 Å². The first-order valence-corrected chi connectivity index (χ1v) is 9.50. The monoisotopic (exact) mass is 357 g/mol. The summed E-state index contributed by atoms with van der Waals surface area (Å²) in [4.78, 5) is 19.7. The van der Waals surface area contributed by atoms with Crippen molar-refractivity contribution in [3.63, 3.8) is 0 Å². The largest absolute Gasteiger partial charge is 0.340 e. The lowest BCUT2D eigenvalue weighted by atomic mass is 10.2. The fourth-order valence-electron chi connectivity index (χ4n) is 2.37. The van der Waals surface area contributed by atoms with E-state index in [1.165, 1.54) is 22.2 Å². The van der Waals surface area contributed by atoms with Gasteiger partial charge in [-0.15, -0.1) is 11.3 Å². The normalized spacial score (nSPS) is 10.8. The summed E-state index contributed by atoms with van der Waals surface area (Å²) >= 11 is 3.14. The highest BCUT2D eigenvalue weighted by molar-refractivity contribution is 7.99. The van der Waals surface area contributed by atoms with Crippen LogP contribution in [0.4, 0.5) is 0 Å². The zero-order valence-electron chi connectivity index (χ0n) is 13.7. The zero-order valence-corrected chi connectivity index (χ0v) is 15.3. The highest BCUT2D eigenvalue weighted by Crippen LogP contribution is 2.23. The Bertz CT molecular complexity index is 811. The number of para-hydroxylation sites is 1. The molecule has 0 spiro atoms. The number of amides is 1. The number of imidazole rings is 1. The second-order valence-corrected chi connectivity index (χ2v) is 7.46. The zero-order chi connectivity index (χ0) is 16.9. The van der Waals surface area contributed by atoms with Crippen LogP contribution in [-0.2, 0) is 11.3 Å². The first-order chi connectivity index (χ1) is 11.6. The van der Waals surface area contributed by atoms with Gasteiger partial charge in [0.05, 0.1) is 18.0 Å². The molecule has 0 radical (unpaired) electrons. The minimum absolute atomic E-state index is 0.104. The summed E-state index contributed by atoms with van der Waals surface area (Å²) in [7, 11) is 1.84. The Morgan fingerprint density at radius 1 is 1.29 bits per heavy atom. The van der Waals surface area contributed by atoms with Crippen molar-refractivity contribution in [1.82, 2.24) is 14.5 Å².